The van der Waals surface area contributed by atoms with Crippen LogP contribution in [0.1, 0.15) is 60.3 Å². The van der Waals surface area contributed by atoms with Crippen LogP contribution >= 0.6 is 0 Å². The molecule has 0 aromatic rings. The highest BCUT2D eigenvalue weighted by molar-refractivity contribution is 5.08. The zero-order valence-electron chi connectivity index (χ0n) is 11.8. The van der Waals surface area contributed by atoms with Gasteiger partial charge in [-0.2, -0.15) is 5.26 Å². The second-order valence-corrected chi connectivity index (χ2v) is 6.11. The molecule has 1 rings (SSSR count). The Morgan fingerprint density at radius 3 is 2.41 bits per heavy atom. The molecule has 0 aromatic carbocycles. The predicted octanol–water partition coefficient (Wildman–Crippen LogP) is 3.00. The normalized spacial score (nSPS) is 21.6. The van der Waals surface area contributed by atoms with Crippen LogP contribution in [0.2, 0.25) is 0 Å². The Bertz CT molecular complexity index is 291. The minimum atomic E-state index is -0.454. The number of rotatable bonds is 7. The SMILES string of the molecule is CCC(C)(C)OC(C)CC(C)(C#N)NC1CC1. The lowest BCUT2D eigenvalue weighted by molar-refractivity contribution is -0.0736. The summed E-state index contributed by atoms with van der Waals surface area (Å²) in [6.45, 7) is 10.4. The number of nitriles is 1. The van der Waals surface area contributed by atoms with Crippen molar-refractivity contribution in [2.45, 2.75) is 83.6 Å². The maximum Gasteiger partial charge on any atom is 0.106 e. The summed E-state index contributed by atoms with van der Waals surface area (Å²) in [5, 5.41) is 12.7. The Balaban J connectivity index is 2.47. The molecule has 3 nitrogen and oxygen atoms in total. The average molecular weight is 238 g/mol. The summed E-state index contributed by atoms with van der Waals surface area (Å²) < 4.78 is 6.00. The third-order valence-corrected chi connectivity index (χ3v) is 3.41. The van der Waals surface area contributed by atoms with Gasteiger partial charge >= 0.3 is 0 Å². The van der Waals surface area contributed by atoms with Gasteiger partial charge in [-0.05, 0) is 47.0 Å². The maximum absolute atomic E-state index is 9.30. The summed E-state index contributed by atoms with van der Waals surface area (Å²) in [7, 11) is 0. The number of nitrogens with one attached hydrogen (secondary N) is 1. The van der Waals surface area contributed by atoms with Gasteiger partial charge in [0.15, 0.2) is 0 Å². The van der Waals surface area contributed by atoms with Gasteiger partial charge in [0.2, 0.25) is 0 Å². The standard InChI is InChI=1S/C14H26N2O/c1-6-13(3,4)17-11(2)9-14(5,10-15)16-12-7-8-12/h11-12,16H,6-9H2,1-5H3. The molecule has 2 atom stereocenters. The molecule has 0 spiro atoms. The van der Waals surface area contributed by atoms with E-state index in [2.05, 4.69) is 39.1 Å². The predicted molar refractivity (Wildman–Crippen MR) is 69.7 cm³/mol. The van der Waals surface area contributed by atoms with Crippen molar-refractivity contribution in [3.05, 3.63) is 0 Å². The average Bonchev–Trinajstić information content (AvgIpc) is 3.00. The van der Waals surface area contributed by atoms with Crippen molar-refractivity contribution < 1.29 is 4.74 Å². The number of nitrogens with zero attached hydrogens (tertiary/aromatic N) is 1. The molecule has 1 aliphatic carbocycles. The molecule has 17 heavy (non-hydrogen) atoms. The fourth-order valence-electron chi connectivity index (χ4n) is 2.06. The summed E-state index contributed by atoms with van der Waals surface area (Å²) in [6, 6.07) is 2.94. The molecule has 0 saturated heterocycles. The molecule has 0 heterocycles. The van der Waals surface area contributed by atoms with E-state index >= 15 is 0 Å². The van der Waals surface area contributed by atoms with E-state index in [1.807, 2.05) is 6.92 Å². The monoisotopic (exact) mass is 238 g/mol. The minimum Gasteiger partial charge on any atom is -0.373 e. The molecular formula is C14H26N2O. The highest BCUT2D eigenvalue weighted by atomic mass is 16.5. The molecule has 1 N–H and O–H groups in total. The van der Waals surface area contributed by atoms with Crippen LogP contribution in [0.15, 0.2) is 0 Å². The molecule has 0 bridgehead atoms. The van der Waals surface area contributed by atoms with Crippen molar-refractivity contribution in [1.29, 1.82) is 5.26 Å². The highest BCUT2D eigenvalue weighted by Gasteiger charge is 2.34. The van der Waals surface area contributed by atoms with Crippen molar-refractivity contribution in [3.63, 3.8) is 0 Å². The van der Waals surface area contributed by atoms with Gasteiger partial charge in [-0.1, -0.05) is 6.92 Å². The van der Waals surface area contributed by atoms with Crippen LogP contribution in [-0.4, -0.2) is 23.3 Å². The molecule has 0 radical (unpaired) electrons. The quantitative estimate of drug-likeness (QED) is 0.741. The Hall–Kier alpha value is -0.590. The van der Waals surface area contributed by atoms with Crippen molar-refractivity contribution in [1.82, 2.24) is 5.32 Å². The van der Waals surface area contributed by atoms with E-state index in [-0.39, 0.29) is 11.7 Å². The first-order chi connectivity index (χ1) is 7.80. The molecule has 0 aliphatic heterocycles. The van der Waals surface area contributed by atoms with Crippen molar-refractivity contribution in [3.8, 4) is 6.07 Å². The second-order valence-electron chi connectivity index (χ2n) is 6.11. The van der Waals surface area contributed by atoms with Crippen LogP contribution in [0.5, 0.6) is 0 Å². The van der Waals surface area contributed by atoms with Gasteiger partial charge < -0.3 is 4.74 Å². The van der Waals surface area contributed by atoms with Gasteiger partial charge in [0.05, 0.1) is 17.8 Å². The van der Waals surface area contributed by atoms with Crippen LogP contribution < -0.4 is 5.32 Å². The molecule has 1 saturated carbocycles. The fraction of sp³-hybridized carbons (Fsp3) is 0.929. The third-order valence-electron chi connectivity index (χ3n) is 3.41. The fourth-order valence-corrected chi connectivity index (χ4v) is 2.06. The summed E-state index contributed by atoms with van der Waals surface area (Å²) in [6.07, 6.45) is 4.22. The van der Waals surface area contributed by atoms with E-state index in [1.165, 1.54) is 12.8 Å². The van der Waals surface area contributed by atoms with Gasteiger partial charge in [0.1, 0.15) is 5.54 Å². The molecule has 3 heteroatoms. The number of ether oxygens (including phenoxy) is 1. The lowest BCUT2D eigenvalue weighted by Crippen LogP contribution is -2.46. The molecule has 2 unspecified atom stereocenters. The Labute approximate surface area is 106 Å². The topological polar surface area (TPSA) is 45.0 Å². The van der Waals surface area contributed by atoms with Crippen LogP contribution in [0.25, 0.3) is 0 Å². The molecule has 0 aromatic heterocycles. The van der Waals surface area contributed by atoms with Gasteiger partial charge in [-0.3, -0.25) is 5.32 Å². The zero-order chi connectivity index (χ0) is 13.1. The summed E-state index contributed by atoms with van der Waals surface area (Å²) in [4.78, 5) is 0. The number of hydrogen-bond acceptors (Lipinski definition) is 3. The first-order valence-electron chi connectivity index (χ1n) is 6.67. The van der Waals surface area contributed by atoms with Gasteiger partial charge in [0, 0.05) is 12.5 Å². The first kappa shape index (κ1) is 14.5. The van der Waals surface area contributed by atoms with E-state index in [0.717, 1.165) is 12.8 Å². The molecule has 1 aliphatic rings. The Morgan fingerprint density at radius 1 is 1.41 bits per heavy atom. The second kappa shape index (κ2) is 5.37. The number of hydrogen-bond donors (Lipinski definition) is 1. The lowest BCUT2D eigenvalue weighted by Gasteiger charge is -2.32. The smallest absolute Gasteiger partial charge is 0.106 e. The van der Waals surface area contributed by atoms with E-state index in [1.54, 1.807) is 0 Å². The molecule has 98 valence electrons. The maximum atomic E-state index is 9.30. The molecular weight excluding hydrogens is 212 g/mol. The van der Waals surface area contributed by atoms with Gasteiger partial charge in [-0.15, -0.1) is 0 Å². The van der Waals surface area contributed by atoms with E-state index in [9.17, 15) is 5.26 Å². The van der Waals surface area contributed by atoms with Gasteiger partial charge in [0.25, 0.3) is 0 Å². The van der Waals surface area contributed by atoms with E-state index in [4.69, 9.17) is 4.74 Å². The van der Waals surface area contributed by atoms with Gasteiger partial charge in [-0.25, -0.2) is 0 Å². The summed E-state index contributed by atoms with van der Waals surface area (Å²) in [5.41, 5.74) is -0.556. The van der Waals surface area contributed by atoms with E-state index in [0.29, 0.717) is 6.04 Å². The summed E-state index contributed by atoms with van der Waals surface area (Å²) >= 11 is 0. The minimum absolute atomic E-state index is 0.0980. The third kappa shape index (κ3) is 5.06. The highest BCUT2D eigenvalue weighted by Crippen LogP contribution is 2.26. The lowest BCUT2D eigenvalue weighted by atomic mass is 9.95. The Morgan fingerprint density at radius 2 is 2.00 bits per heavy atom. The van der Waals surface area contributed by atoms with Crippen molar-refractivity contribution in [2.24, 2.45) is 0 Å². The van der Waals surface area contributed by atoms with Crippen LogP contribution in [-0.2, 0) is 4.74 Å². The zero-order valence-corrected chi connectivity index (χ0v) is 11.8. The van der Waals surface area contributed by atoms with Crippen LogP contribution in [0, 0.1) is 11.3 Å². The molecule has 0 amide bonds. The van der Waals surface area contributed by atoms with Crippen LogP contribution in [0.3, 0.4) is 0 Å². The largest absolute Gasteiger partial charge is 0.373 e. The molecule has 1 fully saturated rings. The van der Waals surface area contributed by atoms with E-state index < -0.39 is 5.54 Å². The van der Waals surface area contributed by atoms with Crippen molar-refractivity contribution >= 4 is 0 Å². The van der Waals surface area contributed by atoms with Crippen LogP contribution in [0.4, 0.5) is 0 Å². The first-order valence-corrected chi connectivity index (χ1v) is 6.67. The summed E-state index contributed by atoms with van der Waals surface area (Å²) in [5.74, 6) is 0. The Kier molecular flexibility index (Phi) is 4.57. The van der Waals surface area contributed by atoms with Crippen molar-refractivity contribution in [2.75, 3.05) is 0 Å².